The summed E-state index contributed by atoms with van der Waals surface area (Å²) >= 11 is 0. The highest BCUT2D eigenvalue weighted by Crippen LogP contribution is 2.24. The first kappa shape index (κ1) is 15.5. The summed E-state index contributed by atoms with van der Waals surface area (Å²) in [5.74, 6) is 0.0274. The average molecular weight is 308 g/mol. The summed E-state index contributed by atoms with van der Waals surface area (Å²) in [6.45, 7) is 4.86. The normalized spacial score (nSPS) is 26.5. The Morgan fingerprint density at radius 1 is 1.45 bits per heavy atom. The second kappa shape index (κ2) is 7.21. The van der Waals surface area contributed by atoms with E-state index in [0.717, 1.165) is 52.2 Å². The maximum Gasteiger partial charge on any atom is 0.271 e. The predicted molar refractivity (Wildman–Crippen MR) is 80.7 cm³/mol. The largest absolute Gasteiger partial charge is 0.383 e. The number of hydrogen-bond donors (Lipinski definition) is 1. The molecule has 0 radical (unpaired) electrons. The summed E-state index contributed by atoms with van der Waals surface area (Å²) in [5.41, 5.74) is 0.557. The summed E-state index contributed by atoms with van der Waals surface area (Å²) in [4.78, 5) is 23.6. The molecule has 0 aromatic carbocycles. The van der Waals surface area contributed by atoms with Gasteiger partial charge in [-0.2, -0.15) is 0 Å². The third kappa shape index (κ3) is 3.31. The van der Waals surface area contributed by atoms with Crippen molar-refractivity contribution in [3.63, 3.8) is 0 Å². The van der Waals surface area contributed by atoms with Gasteiger partial charge in [0.25, 0.3) is 5.91 Å². The van der Waals surface area contributed by atoms with Crippen LogP contribution in [0.4, 0.5) is 0 Å². The molecule has 1 aromatic heterocycles. The third-order valence-corrected chi connectivity index (χ3v) is 4.59. The maximum absolute atomic E-state index is 12.5. The van der Waals surface area contributed by atoms with Crippen LogP contribution in [0.2, 0.25) is 0 Å². The van der Waals surface area contributed by atoms with Gasteiger partial charge in [0.1, 0.15) is 5.69 Å². The number of aromatic amines is 1. The van der Waals surface area contributed by atoms with Crippen LogP contribution < -0.4 is 0 Å². The van der Waals surface area contributed by atoms with Gasteiger partial charge in [0.05, 0.1) is 31.8 Å². The molecule has 0 unspecified atom stereocenters. The van der Waals surface area contributed by atoms with E-state index in [2.05, 4.69) is 14.9 Å². The molecule has 1 N–H and O–H groups in total. The minimum atomic E-state index is 0.0274. The maximum atomic E-state index is 12.5. The molecule has 3 heterocycles. The van der Waals surface area contributed by atoms with Crippen molar-refractivity contribution in [2.24, 2.45) is 0 Å². The third-order valence-electron chi connectivity index (χ3n) is 4.59. The highest BCUT2D eigenvalue weighted by Gasteiger charge is 2.35. The Kier molecular flexibility index (Phi) is 5.07. The second-order valence-electron chi connectivity index (χ2n) is 5.84. The van der Waals surface area contributed by atoms with Crippen LogP contribution in [-0.4, -0.2) is 84.3 Å². The van der Waals surface area contributed by atoms with Crippen molar-refractivity contribution < 1.29 is 14.3 Å². The number of imidazole rings is 1. The summed E-state index contributed by atoms with van der Waals surface area (Å²) in [6.07, 6.45) is 5.16. The first-order valence-corrected chi connectivity index (χ1v) is 7.92. The standard InChI is InChI=1S/C15H24N4O3/c1-21-8-6-18-7-9-22-14-3-5-19(4-2-13(14)18)15(20)12-10-16-11-17-12/h10-11,13-14H,2-9H2,1H3,(H,16,17)/t13-,14+/m1/s1. The molecule has 122 valence electrons. The Bertz CT molecular complexity index is 479. The van der Waals surface area contributed by atoms with Crippen molar-refractivity contribution in [1.29, 1.82) is 0 Å². The van der Waals surface area contributed by atoms with Crippen LogP contribution in [0.25, 0.3) is 0 Å². The number of carbonyl (C=O) groups excluding carboxylic acids is 1. The Morgan fingerprint density at radius 2 is 2.32 bits per heavy atom. The van der Waals surface area contributed by atoms with E-state index in [1.165, 1.54) is 0 Å². The minimum absolute atomic E-state index is 0.0274. The van der Waals surface area contributed by atoms with Crippen LogP contribution >= 0.6 is 0 Å². The fraction of sp³-hybridized carbons (Fsp3) is 0.733. The molecule has 2 atom stereocenters. The van der Waals surface area contributed by atoms with E-state index in [-0.39, 0.29) is 12.0 Å². The highest BCUT2D eigenvalue weighted by molar-refractivity contribution is 5.92. The summed E-state index contributed by atoms with van der Waals surface area (Å²) in [5, 5.41) is 0. The fourth-order valence-corrected chi connectivity index (χ4v) is 3.39. The van der Waals surface area contributed by atoms with Crippen molar-refractivity contribution in [3.05, 3.63) is 18.2 Å². The summed E-state index contributed by atoms with van der Waals surface area (Å²) in [6, 6.07) is 0.378. The Balaban J connectivity index is 1.64. The number of aromatic nitrogens is 2. The summed E-state index contributed by atoms with van der Waals surface area (Å²) in [7, 11) is 1.73. The summed E-state index contributed by atoms with van der Waals surface area (Å²) < 4.78 is 11.2. The van der Waals surface area contributed by atoms with Gasteiger partial charge in [-0.15, -0.1) is 0 Å². The van der Waals surface area contributed by atoms with Gasteiger partial charge in [-0.25, -0.2) is 4.98 Å². The zero-order chi connectivity index (χ0) is 15.4. The Hall–Kier alpha value is -1.44. The van der Waals surface area contributed by atoms with Crippen LogP contribution in [0, 0.1) is 0 Å². The van der Waals surface area contributed by atoms with Gasteiger partial charge in [-0.1, -0.05) is 0 Å². The molecule has 0 aliphatic carbocycles. The first-order chi connectivity index (χ1) is 10.8. The van der Waals surface area contributed by atoms with Gasteiger partial charge in [-0.05, 0) is 12.8 Å². The number of likely N-dealkylation sites (tertiary alicyclic amines) is 1. The number of nitrogens with zero attached hydrogens (tertiary/aromatic N) is 3. The SMILES string of the molecule is COCCN1CCO[C@H]2CCN(C(=O)c3cnc[nH]3)CC[C@H]21. The molecule has 7 nitrogen and oxygen atoms in total. The van der Waals surface area contributed by atoms with Gasteiger partial charge < -0.3 is 19.4 Å². The number of rotatable bonds is 4. The minimum Gasteiger partial charge on any atom is -0.383 e. The van der Waals surface area contributed by atoms with Crippen molar-refractivity contribution in [3.8, 4) is 0 Å². The lowest BCUT2D eigenvalue weighted by molar-refractivity contribution is -0.0761. The zero-order valence-electron chi connectivity index (χ0n) is 13.0. The molecule has 2 aliphatic heterocycles. The highest BCUT2D eigenvalue weighted by atomic mass is 16.5. The first-order valence-electron chi connectivity index (χ1n) is 7.92. The molecule has 2 fully saturated rings. The number of fused-ring (bicyclic) bond motifs is 1. The number of methoxy groups -OCH3 is 1. The predicted octanol–water partition coefficient (Wildman–Crippen LogP) is 0.362. The lowest BCUT2D eigenvalue weighted by Gasteiger charge is -2.40. The topological polar surface area (TPSA) is 70.7 Å². The van der Waals surface area contributed by atoms with Gasteiger partial charge in [0.2, 0.25) is 0 Å². The van der Waals surface area contributed by atoms with Crippen LogP contribution in [0.15, 0.2) is 12.5 Å². The van der Waals surface area contributed by atoms with Gasteiger partial charge >= 0.3 is 0 Å². The van der Waals surface area contributed by atoms with E-state index < -0.39 is 0 Å². The Morgan fingerprint density at radius 3 is 3.09 bits per heavy atom. The smallest absolute Gasteiger partial charge is 0.271 e. The number of H-pyrrole nitrogens is 1. The molecular formula is C15H24N4O3. The van der Waals surface area contributed by atoms with E-state index in [4.69, 9.17) is 9.47 Å². The van der Waals surface area contributed by atoms with E-state index in [9.17, 15) is 4.79 Å². The quantitative estimate of drug-likeness (QED) is 0.870. The lowest BCUT2D eigenvalue weighted by Crippen LogP contribution is -2.52. The van der Waals surface area contributed by atoms with Gasteiger partial charge in [0.15, 0.2) is 0 Å². The fourth-order valence-electron chi connectivity index (χ4n) is 3.39. The van der Waals surface area contributed by atoms with Crippen LogP contribution in [0.3, 0.4) is 0 Å². The molecule has 0 bridgehead atoms. The van der Waals surface area contributed by atoms with Crippen LogP contribution in [0.1, 0.15) is 23.3 Å². The van der Waals surface area contributed by atoms with E-state index in [1.54, 1.807) is 19.6 Å². The number of ether oxygens (including phenoxy) is 2. The number of nitrogens with one attached hydrogen (secondary N) is 1. The van der Waals surface area contributed by atoms with E-state index in [1.807, 2.05) is 4.90 Å². The van der Waals surface area contributed by atoms with Crippen molar-refractivity contribution in [2.75, 3.05) is 46.5 Å². The molecule has 0 saturated carbocycles. The molecule has 1 aromatic rings. The second-order valence-corrected chi connectivity index (χ2v) is 5.84. The number of morpholine rings is 1. The number of carbonyl (C=O) groups is 1. The van der Waals surface area contributed by atoms with Crippen molar-refractivity contribution >= 4 is 5.91 Å². The molecule has 22 heavy (non-hydrogen) atoms. The number of amides is 1. The van der Waals surface area contributed by atoms with Crippen molar-refractivity contribution in [2.45, 2.75) is 25.0 Å². The molecule has 2 saturated heterocycles. The molecule has 3 rings (SSSR count). The van der Waals surface area contributed by atoms with E-state index in [0.29, 0.717) is 11.7 Å². The van der Waals surface area contributed by atoms with Gasteiger partial charge in [-0.3, -0.25) is 9.69 Å². The van der Waals surface area contributed by atoms with E-state index >= 15 is 0 Å². The Labute approximate surface area is 130 Å². The average Bonchev–Trinajstić information content (AvgIpc) is 2.99. The molecule has 0 spiro atoms. The zero-order valence-corrected chi connectivity index (χ0v) is 13.0. The van der Waals surface area contributed by atoms with Crippen molar-refractivity contribution in [1.82, 2.24) is 19.8 Å². The van der Waals surface area contributed by atoms with Crippen LogP contribution in [0.5, 0.6) is 0 Å². The molecule has 2 aliphatic rings. The van der Waals surface area contributed by atoms with Crippen LogP contribution in [-0.2, 0) is 9.47 Å². The molecule has 1 amide bonds. The molecular weight excluding hydrogens is 284 g/mol. The van der Waals surface area contributed by atoms with Gasteiger partial charge in [0, 0.05) is 39.3 Å². The number of hydrogen-bond acceptors (Lipinski definition) is 5. The monoisotopic (exact) mass is 308 g/mol. The molecule has 7 heteroatoms. The lowest BCUT2D eigenvalue weighted by atomic mass is 10.0.